The highest BCUT2D eigenvalue weighted by molar-refractivity contribution is 5.76. The van der Waals surface area contributed by atoms with Crippen molar-refractivity contribution in [1.82, 2.24) is 5.32 Å². The average molecular weight is 1340 g/mol. The number of ether oxygens (including phenoxy) is 6. The zero-order valence-corrected chi connectivity index (χ0v) is 58.2. The van der Waals surface area contributed by atoms with Crippen molar-refractivity contribution in [2.45, 2.75) is 381 Å². The molecular weight excluding hydrogens is 1200 g/mol. The van der Waals surface area contributed by atoms with E-state index in [-0.39, 0.29) is 18.9 Å². The maximum Gasteiger partial charge on any atom is 0.220 e. The highest BCUT2D eigenvalue weighted by Gasteiger charge is 2.53. The molecule has 0 radical (unpaired) electrons. The summed E-state index contributed by atoms with van der Waals surface area (Å²) in [6.07, 6.45) is 43.4. The van der Waals surface area contributed by atoms with Crippen molar-refractivity contribution in [3.8, 4) is 0 Å². The van der Waals surface area contributed by atoms with Gasteiger partial charge in [0.1, 0.15) is 73.2 Å². The van der Waals surface area contributed by atoms with Gasteiger partial charge in [-0.05, 0) is 57.8 Å². The first kappa shape index (κ1) is 85.7. The van der Waals surface area contributed by atoms with Crippen molar-refractivity contribution < 1.29 is 89.4 Å². The third-order valence-electron chi connectivity index (χ3n) is 18.6. The lowest BCUT2D eigenvalue weighted by Crippen LogP contribution is -2.66. The molecule has 17 unspecified atom stereocenters. The van der Waals surface area contributed by atoms with Crippen LogP contribution >= 0.6 is 0 Å². The third-order valence-corrected chi connectivity index (χ3v) is 18.6. The van der Waals surface area contributed by atoms with Crippen LogP contribution in [0.1, 0.15) is 277 Å². The summed E-state index contributed by atoms with van der Waals surface area (Å²) in [7, 11) is 0. The van der Waals surface area contributed by atoms with E-state index in [1.165, 1.54) is 167 Å². The summed E-state index contributed by atoms with van der Waals surface area (Å²) in [6, 6.07) is -0.982. The van der Waals surface area contributed by atoms with Gasteiger partial charge in [0.25, 0.3) is 0 Å². The Bertz CT molecular complexity index is 1940. The molecule has 19 heteroatoms. The van der Waals surface area contributed by atoms with Gasteiger partial charge in [-0.25, -0.2) is 0 Å². The molecule has 3 saturated heterocycles. The Hall–Kier alpha value is -2.51. The number of allylic oxidation sites excluding steroid dienone is 9. The number of amides is 1. The van der Waals surface area contributed by atoms with Gasteiger partial charge in [0, 0.05) is 6.42 Å². The maximum atomic E-state index is 13.4. The Morgan fingerprint density at radius 3 is 1.15 bits per heavy atom. The van der Waals surface area contributed by atoms with Crippen molar-refractivity contribution in [3.63, 3.8) is 0 Å². The Labute approximate surface area is 566 Å². The van der Waals surface area contributed by atoms with Crippen molar-refractivity contribution in [3.05, 3.63) is 60.8 Å². The third kappa shape index (κ3) is 37.1. The largest absolute Gasteiger partial charge is 0.394 e. The molecule has 0 bridgehead atoms. The Morgan fingerprint density at radius 2 is 0.734 bits per heavy atom. The highest BCUT2D eigenvalue weighted by atomic mass is 16.8. The molecule has 0 saturated carbocycles. The number of nitrogens with one attached hydrogen (secondary N) is 1. The molecule has 0 aliphatic carbocycles. The van der Waals surface area contributed by atoms with Gasteiger partial charge < -0.3 is 89.9 Å². The van der Waals surface area contributed by atoms with Crippen LogP contribution in [0, 0.1) is 0 Å². The van der Waals surface area contributed by atoms with Crippen LogP contribution in [0.4, 0.5) is 0 Å². The predicted octanol–water partition coefficient (Wildman–Crippen LogP) is 11.1. The fourth-order valence-corrected chi connectivity index (χ4v) is 12.5. The summed E-state index contributed by atoms with van der Waals surface area (Å²) >= 11 is 0. The molecular formula is C75H135NO18. The number of rotatable bonds is 58. The molecule has 3 rings (SSSR count). The molecule has 3 aliphatic heterocycles. The van der Waals surface area contributed by atoms with Crippen LogP contribution in [-0.2, 0) is 33.2 Å². The molecule has 19 nitrogen and oxygen atoms in total. The van der Waals surface area contributed by atoms with Gasteiger partial charge in [0.15, 0.2) is 18.9 Å². The summed E-state index contributed by atoms with van der Waals surface area (Å²) in [5.74, 6) is -0.283. The Kier molecular flexibility index (Phi) is 51.3. The summed E-state index contributed by atoms with van der Waals surface area (Å²) in [5.41, 5.74) is 0. The second-order valence-electron chi connectivity index (χ2n) is 26.7. The van der Waals surface area contributed by atoms with E-state index in [4.69, 9.17) is 28.4 Å². The second kappa shape index (κ2) is 56.3. The van der Waals surface area contributed by atoms with Crippen LogP contribution in [0.5, 0.6) is 0 Å². The number of hydrogen-bond donors (Lipinski definition) is 12. The predicted molar refractivity (Wildman–Crippen MR) is 369 cm³/mol. The number of aliphatic hydroxyl groups excluding tert-OH is 11. The van der Waals surface area contributed by atoms with Crippen LogP contribution in [0.15, 0.2) is 60.8 Å². The average Bonchev–Trinajstić information content (AvgIpc) is 0.787. The molecule has 548 valence electrons. The van der Waals surface area contributed by atoms with Crippen molar-refractivity contribution in [2.75, 3.05) is 26.4 Å². The standard InChI is InChI=1S/C75H135NO18/c1-3-5-7-9-11-13-15-17-19-21-23-25-26-27-28-29-30-31-33-34-36-38-40-42-44-46-48-50-52-59(80)58(76-63(81)53-51-49-47-45-43-41-39-37-35-32-24-22-20-18-16-14-12-10-8-6-4-2)57-89-73-69(87)66(84)71(61(55-78)91-73)94-75-70(88)67(85)72(62(56-79)92-75)93-74-68(86)65(83)64(82)60(54-77)90-74/h6,8,12,14,18,20,24,32,50,52,58-62,64-75,77-80,82-88H,3-5,7,9-11,13,15-17,19,21-23,25-31,33-49,51,53-57H2,1-2H3,(H,76,81)/b8-6-,14-12-,20-18-,32-24-,52-50+. The van der Waals surface area contributed by atoms with E-state index in [0.717, 1.165) is 83.5 Å². The van der Waals surface area contributed by atoms with E-state index in [1.807, 2.05) is 6.08 Å². The molecule has 17 atom stereocenters. The lowest BCUT2D eigenvalue weighted by Gasteiger charge is -2.48. The Morgan fingerprint density at radius 1 is 0.394 bits per heavy atom. The van der Waals surface area contributed by atoms with Gasteiger partial charge in [-0.15, -0.1) is 0 Å². The lowest BCUT2D eigenvalue weighted by atomic mass is 9.96. The summed E-state index contributed by atoms with van der Waals surface area (Å²) in [5, 5.41) is 121. The first-order chi connectivity index (χ1) is 45.8. The van der Waals surface area contributed by atoms with Crippen LogP contribution in [0.2, 0.25) is 0 Å². The van der Waals surface area contributed by atoms with E-state index >= 15 is 0 Å². The molecule has 3 aliphatic rings. The normalized spacial score (nSPS) is 27.7. The topological polar surface area (TPSA) is 307 Å². The lowest BCUT2D eigenvalue weighted by molar-refractivity contribution is -0.379. The number of carbonyl (C=O) groups excluding carboxylic acids is 1. The molecule has 94 heavy (non-hydrogen) atoms. The van der Waals surface area contributed by atoms with Crippen LogP contribution in [0.3, 0.4) is 0 Å². The maximum absolute atomic E-state index is 13.4. The van der Waals surface area contributed by atoms with Crippen molar-refractivity contribution in [2.24, 2.45) is 0 Å². The summed E-state index contributed by atoms with van der Waals surface area (Å²) in [4.78, 5) is 13.4. The van der Waals surface area contributed by atoms with Crippen molar-refractivity contribution >= 4 is 5.91 Å². The molecule has 3 heterocycles. The SMILES string of the molecule is CC/C=C\C/C=C\C/C=C\C/C=C\CCCCCCCCCCC(=O)NC(COC1OC(CO)C(OC2OC(CO)C(OC3OC(CO)C(O)C(O)C3O)C(O)C2O)C(O)C1O)C(O)/C=C/CCCCCCCCCCCCCCCCCCCCCCCCCCCC. The van der Waals surface area contributed by atoms with Gasteiger partial charge in [-0.2, -0.15) is 0 Å². The minimum atomic E-state index is -1.98. The van der Waals surface area contributed by atoms with Gasteiger partial charge in [-0.3, -0.25) is 4.79 Å². The van der Waals surface area contributed by atoms with Gasteiger partial charge in [0.05, 0.1) is 38.6 Å². The number of carbonyl (C=O) groups is 1. The smallest absolute Gasteiger partial charge is 0.220 e. The first-order valence-corrected chi connectivity index (χ1v) is 37.5. The number of unbranched alkanes of at least 4 members (excludes halogenated alkanes) is 34. The number of aliphatic hydroxyl groups is 11. The molecule has 0 aromatic carbocycles. The minimum Gasteiger partial charge on any atom is -0.394 e. The fourth-order valence-electron chi connectivity index (χ4n) is 12.5. The zero-order chi connectivity index (χ0) is 68.2. The molecule has 0 aromatic rings. The fraction of sp³-hybridized carbons (Fsp3) is 0.853. The Balaban J connectivity index is 1.41. The minimum absolute atomic E-state index is 0.232. The van der Waals surface area contributed by atoms with E-state index in [1.54, 1.807) is 6.08 Å². The van der Waals surface area contributed by atoms with Crippen LogP contribution in [-0.4, -0.2) is 193 Å². The monoisotopic (exact) mass is 1340 g/mol. The molecule has 1 amide bonds. The molecule has 12 N–H and O–H groups in total. The van der Waals surface area contributed by atoms with Crippen molar-refractivity contribution in [1.29, 1.82) is 0 Å². The van der Waals surface area contributed by atoms with Gasteiger partial charge in [-0.1, -0.05) is 274 Å². The van der Waals surface area contributed by atoms with Gasteiger partial charge >= 0.3 is 0 Å². The summed E-state index contributed by atoms with van der Waals surface area (Å²) in [6.45, 7) is 1.64. The van der Waals surface area contributed by atoms with E-state index < -0.39 is 124 Å². The quantitative estimate of drug-likeness (QED) is 0.0199. The highest BCUT2D eigenvalue weighted by Crippen LogP contribution is 2.33. The van der Waals surface area contributed by atoms with Gasteiger partial charge in [0.2, 0.25) is 5.91 Å². The van der Waals surface area contributed by atoms with E-state index in [0.29, 0.717) is 6.42 Å². The molecule has 3 fully saturated rings. The number of hydrogen-bond acceptors (Lipinski definition) is 18. The first-order valence-electron chi connectivity index (χ1n) is 37.5. The second-order valence-corrected chi connectivity index (χ2v) is 26.7. The van der Waals surface area contributed by atoms with E-state index in [2.05, 4.69) is 67.8 Å². The summed E-state index contributed by atoms with van der Waals surface area (Å²) < 4.78 is 34.4. The van der Waals surface area contributed by atoms with Crippen LogP contribution in [0.25, 0.3) is 0 Å². The van der Waals surface area contributed by atoms with E-state index in [9.17, 15) is 61.0 Å². The molecule has 0 aromatic heterocycles. The zero-order valence-electron chi connectivity index (χ0n) is 58.2. The van der Waals surface area contributed by atoms with Crippen LogP contribution < -0.4 is 5.32 Å². The molecule has 0 spiro atoms.